The first-order valence-electron chi connectivity index (χ1n) is 7.45. The summed E-state index contributed by atoms with van der Waals surface area (Å²) in [5.74, 6) is 0.650. The van der Waals surface area contributed by atoms with Crippen molar-refractivity contribution < 1.29 is 9.59 Å². The van der Waals surface area contributed by atoms with Crippen LogP contribution >= 0.6 is 0 Å². The first kappa shape index (κ1) is 16.7. The fraction of sp³-hybridized carbons (Fsp3) is 0.467. The van der Waals surface area contributed by atoms with E-state index in [-0.39, 0.29) is 12.5 Å². The minimum atomic E-state index is -0.494. The number of likely N-dealkylation sites (tertiary alicyclic amines) is 1. The van der Waals surface area contributed by atoms with Crippen LogP contribution in [0.3, 0.4) is 0 Å². The van der Waals surface area contributed by atoms with Crippen molar-refractivity contribution in [3.05, 3.63) is 23.9 Å². The number of nitrogens with one attached hydrogen (secondary N) is 3. The molecule has 1 fully saturated rings. The van der Waals surface area contributed by atoms with Gasteiger partial charge in [-0.3, -0.25) is 15.0 Å². The summed E-state index contributed by atoms with van der Waals surface area (Å²) in [4.78, 5) is 28.9. The van der Waals surface area contributed by atoms with Crippen LogP contribution in [0.2, 0.25) is 0 Å². The van der Waals surface area contributed by atoms with Gasteiger partial charge in [-0.05, 0) is 31.0 Å². The van der Waals surface area contributed by atoms with Crippen LogP contribution in [0.1, 0.15) is 12.0 Å². The Morgan fingerprint density at radius 2 is 2.35 bits per heavy atom. The minimum absolute atomic E-state index is 0.205. The molecular formula is C15H20N6O2. The average molecular weight is 316 g/mol. The average Bonchev–Trinajstić information content (AvgIpc) is 3.00. The Kier molecular flexibility index (Phi) is 5.88. The molecule has 23 heavy (non-hydrogen) atoms. The van der Waals surface area contributed by atoms with E-state index in [1.54, 1.807) is 18.3 Å². The lowest BCUT2D eigenvalue weighted by Crippen LogP contribution is -2.43. The van der Waals surface area contributed by atoms with Gasteiger partial charge in [0.25, 0.3) is 0 Å². The maximum atomic E-state index is 11.7. The molecule has 8 nitrogen and oxygen atoms in total. The molecule has 1 aromatic rings. The van der Waals surface area contributed by atoms with Gasteiger partial charge in [0.1, 0.15) is 11.9 Å². The van der Waals surface area contributed by atoms with Crippen LogP contribution in [-0.4, -0.2) is 55.0 Å². The van der Waals surface area contributed by atoms with Gasteiger partial charge >= 0.3 is 6.03 Å². The number of anilines is 1. The number of nitriles is 1. The molecule has 2 rings (SSSR count). The number of nitrogens with zero attached hydrogens (tertiary/aromatic N) is 3. The number of aromatic nitrogens is 1. The molecule has 1 atom stereocenters. The van der Waals surface area contributed by atoms with Crippen LogP contribution in [0, 0.1) is 17.2 Å². The van der Waals surface area contributed by atoms with Gasteiger partial charge in [-0.1, -0.05) is 0 Å². The summed E-state index contributed by atoms with van der Waals surface area (Å²) >= 11 is 0. The normalized spacial score (nSPS) is 17.3. The molecule has 0 unspecified atom stereocenters. The van der Waals surface area contributed by atoms with Gasteiger partial charge in [-0.25, -0.2) is 9.78 Å². The summed E-state index contributed by atoms with van der Waals surface area (Å²) in [7, 11) is 1.47. The van der Waals surface area contributed by atoms with E-state index in [2.05, 4.69) is 27.0 Å². The maximum Gasteiger partial charge on any atom is 0.321 e. The Morgan fingerprint density at radius 3 is 3.09 bits per heavy atom. The van der Waals surface area contributed by atoms with Gasteiger partial charge in [0.15, 0.2) is 0 Å². The highest BCUT2D eigenvalue weighted by Gasteiger charge is 2.24. The summed E-state index contributed by atoms with van der Waals surface area (Å²) in [5.41, 5.74) is 0.521. The van der Waals surface area contributed by atoms with E-state index in [0.29, 0.717) is 23.8 Å². The standard InChI is InChI=1S/C15H20N6O2/c1-17-15(23)20-13(22)10-21-6-4-11(9-21)8-19-14-12(7-16)3-2-5-18-14/h2-3,5,11H,4,6,8-10H2,1H3,(H,18,19)(H2,17,20,22,23)/t11-/m0/s1. The molecule has 0 saturated carbocycles. The molecule has 3 amide bonds. The lowest BCUT2D eigenvalue weighted by molar-refractivity contribution is -0.120. The number of hydrogen-bond acceptors (Lipinski definition) is 6. The van der Waals surface area contributed by atoms with E-state index in [1.807, 2.05) is 4.90 Å². The number of urea groups is 1. The van der Waals surface area contributed by atoms with Crippen molar-refractivity contribution in [2.75, 3.05) is 38.5 Å². The fourth-order valence-electron chi connectivity index (χ4n) is 2.53. The Morgan fingerprint density at radius 1 is 1.52 bits per heavy atom. The summed E-state index contributed by atoms with van der Waals surface area (Å²) in [6.07, 6.45) is 2.60. The number of hydrogen-bond donors (Lipinski definition) is 3. The highest BCUT2D eigenvalue weighted by molar-refractivity contribution is 5.95. The highest BCUT2D eigenvalue weighted by atomic mass is 16.2. The van der Waals surface area contributed by atoms with Crippen molar-refractivity contribution in [3.63, 3.8) is 0 Å². The monoisotopic (exact) mass is 316 g/mol. The van der Waals surface area contributed by atoms with Gasteiger partial charge in [0.2, 0.25) is 5.91 Å². The fourth-order valence-corrected chi connectivity index (χ4v) is 2.53. The number of carbonyl (C=O) groups excluding carboxylic acids is 2. The van der Waals surface area contributed by atoms with Crippen LogP contribution in [0.5, 0.6) is 0 Å². The van der Waals surface area contributed by atoms with Gasteiger partial charge in [0, 0.05) is 26.3 Å². The third kappa shape index (κ3) is 4.93. The Balaban J connectivity index is 1.76. The van der Waals surface area contributed by atoms with E-state index in [0.717, 1.165) is 19.5 Å². The zero-order valence-corrected chi connectivity index (χ0v) is 13.0. The zero-order chi connectivity index (χ0) is 16.7. The number of carbonyl (C=O) groups is 2. The van der Waals surface area contributed by atoms with Crippen molar-refractivity contribution >= 4 is 17.8 Å². The molecule has 0 aliphatic carbocycles. The van der Waals surface area contributed by atoms with Gasteiger partial charge in [-0.15, -0.1) is 0 Å². The van der Waals surface area contributed by atoms with Crippen molar-refractivity contribution in [1.82, 2.24) is 20.5 Å². The molecule has 1 saturated heterocycles. The van der Waals surface area contributed by atoms with E-state index in [4.69, 9.17) is 5.26 Å². The maximum absolute atomic E-state index is 11.7. The lowest BCUT2D eigenvalue weighted by atomic mass is 10.1. The van der Waals surface area contributed by atoms with Crippen LogP contribution in [-0.2, 0) is 4.79 Å². The van der Waals surface area contributed by atoms with Gasteiger partial charge in [-0.2, -0.15) is 5.26 Å². The number of pyridine rings is 1. The van der Waals surface area contributed by atoms with E-state index in [1.165, 1.54) is 7.05 Å². The molecule has 0 bridgehead atoms. The van der Waals surface area contributed by atoms with Gasteiger partial charge in [0.05, 0.1) is 12.1 Å². The Labute approximate surface area is 134 Å². The minimum Gasteiger partial charge on any atom is -0.369 e. The smallest absolute Gasteiger partial charge is 0.321 e. The van der Waals surface area contributed by atoms with Gasteiger partial charge < -0.3 is 10.6 Å². The molecule has 0 spiro atoms. The summed E-state index contributed by atoms with van der Waals surface area (Å²) in [6.45, 7) is 2.47. The molecule has 8 heteroatoms. The second-order valence-corrected chi connectivity index (χ2v) is 5.41. The van der Waals surface area contributed by atoms with Crippen LogP contribution < -0.4 is 16.0 Å². The highest BCUT2D eigenvalue weighted by Crippen LogP contribution is 2.17. The van der Waals surface area contributed by atoms with Crippen LogP contribution in [0.15, 0.2) is 18.3 Å². The zero-order valence-electron chi connectivity index (χ0n) is 13.0. The molecule has 0 aromatic carbocycles. The first-order valence-corrected chi connectivity index (χ1v) is 7.45. The third-order valence-corrected chi connectivity index (χ3v) is 3.70. The molecule has 2 heterocycles. The Hall–Kier alpha value is -2.66. The van der Waals surface area contributed by atoms with E-state index >= 15 is 0 Å². The molecule has 1 aliphatic rings. The van der Waals surface area contributed by atoms with Crippen molar-refractivity contribution in [3.8, 4) is 6.07 Å². The van der Waals surface area contributed by atoms with Crippen molar-refractivity contribution in [2.24, 2.45) is 5.92 Å². The van der Waals surface area contributed by atoms with Crippen molar-refractivity contribution in [1.29, 1.82) is 5.26 Å². The molecule has 1 aromatic heterocycles. The molecule has 122 valence electrons. The summed E-state index contributed by atoms with van der Waals surface area (Å²) in [5, 5.41) is 16.8. The third-order valence-electron chi connectivity index (χ3n) is 3.70. The van der Waals surface area contributed by atoms with Crippen LogP contribution in [0.25, 0.3) is 0 Å². The SMILES string of the molecule is CNC(=O)NC(=O)CN1CC[C@@H](CNc2ncccc2C#N)C1. The molecule has 0 radical (unpaired) electrons. The molecular weight excluding hydrogens is 296 g/mol. The summed E-state index contributed by atoms with van der Waals surface area (Å²) < 4.78 is 0. The molecule has 1 aliphatic heterocycles. The van der Waals surface area contributed by atoms with Crippen molar-refractivity contribution in [2.45, 2.75) is 6.42 Å². The van der Waals surface area contributed by atoms with E-state index < -0.39 is 6.03 Å². The first-order chi connectivity index (χ1) is 11.1. The number of amides is 3. The predicted octanol–water partition coefficient (Wildman–Crippen LogP) is 0.143. The largest absolute Gasteiger partial charge is 0.369 e. The lowest BCUT2D eigenvalue weighted by Gasteiger charge is -2.16. The molecule has 3 N–H and O–H groups in total. The predicted molar refractivity (Wildman–Crippen MR) is 84.6 cm³/mol. The topological polar surface area (TPSA) is 110 Å². The second kappa shape index (κ2) is 8.10. The van der Waals surface area contributed by atoms with Crippen LogP contribution in [0.4, 0.5) is 10.6 Å². The Bertz CT molecular complexity index is 612. The number of rotatable bonds is 5. The second-order valence-electron chi connectivity index (χ2n) is 5.41. The quantitative estimate of drug-likeness (QED) is 0.713. The number of imide groups is 1. The summed E-state index contributed by atoms with van der Waals surface area (Å²) in [6, 6.07) is 5.06. The van der Waals surface area contributed by atoms with E-state index in [9.17, 15) is 9.59 Å².